The summed E-state index contributed by atoms with van der Waals surface area (Å²) in [7, 11) is 0. The highest BCUT2D eigenvalue weighted by Crippen LogP contribution is 2.12. The number of nitrogens with zero attached hydrogens (tertiary/aromatic N) is 1. The fourth-order valence-electron chi connectivity index (χ4n) is 1.03. The van der Waals surface area contributed by atoms with Crippen molar-refractivity contribution in [1.82, 2.24) is 9.97 Å². The zero-order chi connectivity index (χ0) is 8.81. The first kappa shape index (κ1) is 9.61. The van der Waals surface area contributed by atoms with Crippen LogP contribution in [0.3, 0.4) is 0 Å². The van der Waals surface area contributed by atoms with Crippen molar-refractivity contribution in [2.24, 2.45) is 5.73 Å². The number of aryl methyl sites for hydroxylation is 1. The third-order valence-corrected chi connectivity index (χ3v) is 2.66. The summed E-state index contributed by atoms with van der Waals surface area (Å²) in [6.07, 6.45) is 2.79. The summed E-state index contributed by atoms with van der Waals surface area (Å²) in [6, 6.07) is 0. The first-order valence-corrected chi connectivity index (χ1v) is 5.32. The van der Waals surface area contributed by atoms with Gasteiger partial charge in [0, 0.05) is 23.7 Å². The lowest BCUT2D eigenvalue weighted by molar-refractivity contribution is 1.03. The van der Waals surface area contributed by atoms with Crippen molar-refractivity contribution < 1.29 is 0 Å². The number of nitrogens with one attached hydrogen (secondary N) is 1. The van der Waals surface area contributed by atoms with E-state index in [1.807, 2.05) is 11.8 Å². The Balaban J connectivity index is 2.39. The molecule has 0 fully saturated rings. The summed E-state index contributed by atoms with van der Waals surface area (Å²) >= 11 is 1.83. The average Bonchev–Trinajstić information content (AvgIpc) is 2.52. The minimum Gasteiger partial charge on any atom is -0.348 e. The summed E-state index contributed by atoms with van der Waals surface area (Å²) < 4.78 is 0. The molecule has 0 unspecified atom stereocenters. The molecule has 1 aromatic rings. The molecule has 0 saturated carbocycles. The smallest absolute Gasteiger partial charge is 0.0925 e. The number of aromatic nitrogens is 2. The van der Waals surface area contributed by atoms with Gasteiger partial charge in [0.2, 0.25) is 0 Å². The molecule has 0 atom stereocenters. The molecule has 4 heteroatoms. The lowest BCUT2D eigenvalue weighted by atomic mass is 10.3. The first-order chi connectivity index (χ1) is 5.88. The Bertz CT molecular complexity index is 222. The monoisotopic (exact) mass is 185 g/mol. The molecule has 0 aromatic carbocycles. The van der Waals surface area contributed by atoms with Crippen LogP contribution in [0.4, 0.5) is 0 Å². The highest BCUT2D eigenvalue weighted by molar-refractivity contribution is 7.98. The SMILES string of the molecule is CCc1[nH]cnc1CSCCN. The van der Waals surface area contributed by atoms with Gasteiger partial charge in [-0.05, 0) is 6.42 Å². The summed E-state index contributed by atoms with van der Waals surface area (Å²) in [5.74, 6) is 1.99. The molecule has 0 spiro atoms. The van der Waals surface area contributed by atoms with E-state index in [-0.39, 0.29) is 0 Å². The van der Waals surface area contributed by atoms with E-state index in [0.29, 0.717) is 0 Å². The number of rotatable bonds is 5. The van der Waals surface area contributed by atoms with Gasteiger partial charge in [0.15, 0.2) is 0 Å². The van der Waals surface area contributed by atoms with Crippen LogP contribution >= 0.6 is 11.8 Å². The molecule has 1 heterocycles. The van der Waals surface area contributed by atoms with Gasteiger partial charge in [-0.1, -0.05) is 6.92 Å². The molecule has 12 heavy (non-hydrogen) atoms. The van der Waals surface area contributed by atoms with E-state index in [9.17, 15) is 0 Å². The van der Waals surface area contributed by atoms with Gasteiger partial charge in [0.25, 0.3) is 0 Å². The Morgan fingerprint density at radius 2 is 2.50 bits per heavy atom. The molecule has 1 aromatic heterocycles. The minimum absolute atomic E-state index is 0.747. The molecule has 0 saturated heterocycles. The second-order valence-electron chi connectivity index (χ2n) is 2.52. The van der Waals surface area contributed by atoms with E-state index < -0.39 is 0 Å². The van der Waals surface area contributed by atoms with Crippen molar-refractivity contribution in [3.05, 3.63) is 17.7 Å². The molecule has 0 radical (unpaired) electrons. The molecule has 0 bridgehead atoms. The maximum Gasteiger partial charge on any atom is 0.0925 e. The summed E-state index contributed by atoms with van der Waals surface area (Å²) in [5.41, 5.74) is 7.82. The van der Waals surface area contributed by atoms with E-state index in [0.717, 1.165) is 24.5 Å². The largest absolute Gasteiger partial charge is 0.348 e. The predicted octanol–water partition coefficient (Wildman–Crippen LogP) is 1.16. The molecule has 68 valence electrons. The number of thioether (sulfide) groups is 1. The molecular formula is C8H15N3S. The fourth-order valence-corrected chi connectivity index (χ4v) is 1.79. The van der Waals surface area contributed by atoms with E-state index in [1.54, 1.807) is 6.33 Å². The molecule has 3 nitrogen and oxygen atoms in total. The van der Waals surface area contributed by atoms with Gasteiger partial charge in [-0.2, -0.15) is 11.8 Å². The average molecular weight is 185 g/mol. The minimum atomic E-state index is 0.747. The highest BCUT2D eigenvalue weighted by atomic mass is 32.2. The summed E-state index contributed by atoms with van der Waals surface area (Å²) in [5, 5.41) is 0. The topological polar surface area (TPSA) is 54.7 Å². The van der Waals surface area contributed by atoms with E-state index in [2.05, 4.69) is 16.9 Å². The Morgan fingerprint density at radius 1 is 1.67 bits per heavy atom. The van der Waals surface area contributed by atoms with E-state index in [1.165, 1.54) is 11.4 Å². The van der Waals surface area contributed by atoms with Crippen molar-refractivity contribution in [2.75, 3.05) is 12.3 Å². The maximum absolute atomic E-state index is 5.39. The lowest BCUT2D eigenvalue weighted by Gasteiger charge is -1.98. The van der Waals surface area contributed by atoms with Gasteiger partial charge < -0.3 is 10.7 Å². The van der Waals surface area contributed by atoms with Gasteiger partial charge in [0.1, 0.15) is 0 Å². The van der Waals surface area contributed by atoms with E-state index in [4.69, 9.17) is 5.73 Å². The maximum atomic E-state index is 5.39. The fraction of sp³-hybridized carbons (Fsp3) is 0.625. The van der Waals surface area contributed by atoms with Crippen LogP contribution in [-0.2, 0) is 12.2 Å². The summed E-state index contributed by atoms with van der Waals surface area (Å²) in [4.78, 5) is 7.37. The Morgan fingerprint density at radius 3 is 3.17 bits per heavy atom. The predicted molar refractivity (Wildman–Crippen MR) is 53.2 cm³/mol. The Labute approximate surface area is 77.1 Å². The molecular weight excluding hydrogens is 170 g/mol. The molecule has 3 N–H and O–H groups in total. The van der Waals surface area contributed by atoms with Crippen molar-refractivity contribution in [2.45, 2.75) is 19.1 Å². The number of hydrogen-bond acceptors (Lipinski definition) is 3. The second kappa shape index (κ2) is 5.22. The number of H-pyrrole nitrogens is 1. The van der Waals surface area contributed by atoms with Crippen LogP contribution in [0.25, 0.3) is 0 Å². The van der Waals surface area contributed by atoms with Crippen molar-refractivity contribution in [3.63, 3.8) is 0 Å². The van der Waals surface area contributed by atoms with Gasteiger partial charge in [0.05, 0.1) is 12.0 Å². The number of hydrogen-bond donors (Lipinski definition) is 2. The van der Waals surface area contributed by atoms with Crippen molar-refractivity contribution in [1.29, 1.82) is 0 Å². The van der Waals surface area contributed by atoms with Gasteiger partial charge >= 0.3 is 0 Å². The number of nitrogens with two attached hydrogens (primary N) is 1. The molecule has 0 aliphatic heterocycles. The Hall–Kier alpha value is -0.480. The number of imidazole rings is 1. The molecule has 0 aliphatic rings. The molecule has 0 amide bonds. The third kappa shape index (κ3) is 2.53. The normalized spacial score (nSPS) is 10.5. The third-order valence-electron chi connectivity index (χ3n) is 1.66. The summed E-state index contributed by atoms with van der Waals surface area (Å²) in [6.45, 7) is 2.88. The highest BCUT2D eigenvalue weighted by Gasteiger charge is 2.02. The lowest BCUT2D eigenvalue weighted by Crippen LogP contribution is -2.01. The van der Waals surface area contributed by atoms with Gasteiger partial charge in [-0.3, -0.25) is 0 Å². The van der Waals surface area contributed by atoms with Crippen LogP contribution in [-0.4, -0.2) is 22.3 Å². The van der Waals surface area contributed by atoms with Gasteiger partial charge in [-0.15, -0.1) is 0 Å². The standard InChI is InChI=1S/C8H15N3S/c1-2-7-8(11-6-10-7)5-12-4-3-9/h6H,2-5,9H2,1H3,(H,10,11). The zero-order valence-electron chi connectivity index (χ0n) is 7.34. The van der Waals surface area contributed by atoms with Crippen molar-refractivity contribution >= 4 is 11.8 Å². The van der Waals surface area contributed by atoms with Crippen LogP contribution < -0.4 is 5.73 Å². The zero-order valence-corrected chi connectivity index (χ0v) is 8.16. The van der Waals surface area contributed by atoms with Crippen LogP contribution in [0.1, 0.15) is 18.3 Å². The van der Waals surface area contributed by atoms with E-state index >= 15 is 0 Å². The Kier molecular flexibility index (Phi) is 4.18. The van der Waals surface area contributed by atoms with Gasteiger partial charge in [-0.25, -0.2) is 4.98 Å². The molecule has 1 rings (SSSR count). The van der Waals surface area contributed by atoms with Crippen LogP contribution in [0.2, 0.25) is 0 Å². The van der Waals surface area contributed by atoms with Crippen LogP contribution in [0.5, 0.6) is 0 Å². The first-order valence-electron chi connectivity index (χ1n) is 4.17. The van der Waals surface area contributed by atoms with Crippen LogP contribution in [0, 0.1) is 0 Å². The quantitative estimate of drug-likeness (QED) is 0.677. The van der Waals surface area contributed by atoms with Crippen molar-refractivity contribution in [3.8, 4) is 0 Å². The van der Waals surface area contributed by atoms with Crippen LogP contribution in [0.15, 0.2) is 6.33 Å². The number of aromatic amines is 1. The molecule has 0 aliphatic carbocycles. The second-order valence-corrected chi connectivity index (χ2v) is 3.63.